The molecule has 0 bridgehead atoms. The second-order valence-corrected chi connectivity index (χ2v) is 4.79. The van der Waals surface area contributed by atoms with Gasteiger partial charge in [-0.1, -0.05) is 13.3 Å². The quantitative estimate of drug-likeness (QED) is 0.716. The fourth-order valence-electron chi connectivity index (χ4n) is 2.11. The molecule has 0 aromatic heterocycles. The van der Waals surface area contributed by atoms with Crippen LogP contribution in [0.2, 0.25) is 0 Å². The van der Waals surface area contributed by atoms with Crippen LogP contribution in [0.5, 0.6) is 0 Å². The summed E-state index contributed by atoms with van der Waals surface area (Å²) in [6.07, 6.45) is 4.39. The molecule has 2 atom stereocenters. The van der Waals surface area contributed by atoms with Gasteiger partial charge < -0.3 is 16.0 Å². The molecule has 2 unspecified atom stereocenters. The van der Waals surface area contributed by atoms with E-state index in [1.807, 2.05) is 11.8 Å². The van der Waals surface area contributed by atoms with E-state index in [-0.39, 0.29) is 12.1 Å². The van der Waals surface area contributed by atoms with Gasteiger partial charge in [0.15, 0.2) is 0 Å². The highest BCUT2D eigenvalue weighted by Crippen LogP contribution is 2.18. The van der Waals surface area contributed by atoms with Crippen molar-refractivity contribution in [2.75, 3.05) is 19.6 Å². The molecular formula is C12H25N3O. The highest BCUT2D eigenvalue weighted by molar-refractivity contribution is 5.74. The normalized spacial score (nSPS) is 22.9. The Kier molecular flexibility index (Phi) is 5.60. The van der Waals surface area contributed by atoms with Crippen LogP contribution in [0.4, 0.5) is 4.79 Å². The number of nitrogens with two attached hydrogens (primary N) is 1. The molecule has 1 fully saturated rings. The molecule has 0 aliphatic carbocycles. The standard InChI is InChI=1S/C12H25N3O/c1-3-4-7-14-12(16)15-8-5-6-11(9-15)10(2)13/h10-11H,3-9,13H2,1-2H3,(H,14,16). The van der Waals surface area contributed by atoms with E-state index >= 15 is 0 Å². The van der Waals surface area contributed by atoms with Crippen molar-refractivity contribution in [1.29, 1.82) is 0 Å². The lowest BCUT2D eigenvalue weighted by atomic mass is 9.92. The molecule has 0 aromatic rings. The van der Waals surface area contributed by atoms with Crippen molar-refractivity contribution in [3.63, 3.8) is 0 Å². The molecule has 0 saturated carbocycles. The number of hydrogen-bond acceptors (Lipinski definition) is 2. The minimum absolute atomic E-state index is 0.0822. The van der Waals surface area contributed by atoms with Crippen LogP contribution < -0.4 is 11.1 Å². The first kappa shape index (κ1) is 13.3. The number of nitrogens with zero attached hydrogens (tertiary/aromatic N) is 1. The Hall–Kier alpha value is -0.770. The maximum atomic E-state index is 11.8. The van der Waals surface area contributed by atoms with Gasteiger partial charge in [-0.3, -0.25) is 0 Å². The molecule has 94 valence electrons. The number of amides is 2. The second-order valence-electron chi connectivity index (χ2n) is 4.79. The monoisotopic (exact) mass is 227 g/mol. The van der Waals surface area contributed by atoms with Gasteiger partial charge in [-0.25, -0.2) is 4.79 Å². The third-order valence-electron chi connectivity index (χ3n) is 3.30. The molecule has 1 aliphatic rings. The van der Waals surface area contributed by atoms with Gasteiger partial charge in [0.1, 0.15) is 0 Å². The number of carbonyl (C=O) groups excluding carboxylic acids is 1. The van der Waals surface area contributed by atoms with Crippen LogP contribution in [-0.2, 0) is 0 Å². The molecule has 1 heterocycles. The number of nitrogens with one attached hydrogen (secondary N) is 1. The number of hydrogen-bond donors (Lipinski definition) is 2. The summed E-state index contributed by atoms with van der Waals surface area (Å²) in [5, 5.41) is 2.96. The van der Waals surface area contributed by atoms with E-state index in [4.69, 9.17) is 5.73 Å². The summed E-state index contributed by atoms with van der Waals surface area (Å²) in [7, 11) is 0. The first-order valence-corrected chi connectivity index (χ1v) is 6.43. The van der Waals surface area contributed by atoms with Gasteiger partial charge >= 0.3 is 6.03 Å². The molecule has 2 amide bonds. The number of likely N-dealkylation sites (tertiary alicyclic amines) is 1. The zero-order chi connectivity index (χ0) is 12.0. The number of urea groups is 1. The summed E-state index contributed by atoms with van der Waals surface area (Å²) in [5.41, 5.74) is 5.89. The predicted octanol–water partition coefficient (Wildman–Crippen LogP) is 1.56. The van der Waals surface area contributed by atoms with E-state index in [1.165, 1.54) is 0 Å². The topological polar surface area (TPSA) is 58.4 Å². The van der Waals surface area contributed by atoms with Crippen LogP contribution in [0.15, 0.2) is 0 Å². The van der Waals surface area contributed by atoms with Crippen molar-refractivity contribution in [3.05, 3.63) is 0 Å². The van der Waals surface area contributed by atoms with E-state index in [0.717, 1.165) is 45.3 Å². The number of unbranched alkanes of at least 4 members (excludes halogenated alkanes) is 1. The minimum Gasteiger partial charge on any atom is -0.338 e. The largest absolute Gasteiger partial charge is 0.338 e. The van der Waals surface area contributed by atoms with Gasteiger partial charge in [0.25, 0.3) is 0 Å². The van der Waals surface area contributed by atoms with Crippen LogP contribution in [0.3, 0.4) is 0 Å². The van der Waals surface area contributed by atoms with Crippen LogP contribution in [0, 0.1) is 5.92 Å². The highest BCUT2D eigenvalue weighted by Gasteiger charge is 2.25. The van der Waals surface area contributed by atoms with Gasteiger partial charge in [0.2, 0.25) is 0 Å². The van der Waals surface area contributed by atoms with Gasteiger partial charge in [-0.15, -0.1) is 0 Å². The van der Waals surface area contributed by atoms with Gasteiger partial charge in [0, 0.05) is 25.7 Å². The third-order valence-corrected chi connectivity index (χ3v) is 3.30. The summed E-state index contributed by atoms with van der Waals surface area (Å²) >= 11 is 0. The van der Waals surface area contributed by atoms with E-state index in [1.54, 1.807) is 0 Å². The zero-order valence-electron chi connectivity index (χ0n) is 10.5. The smallest absolute Gasteiger partial charge is 0.317 e. The lowest BCUT2D eigenvalue weighted by molar-refractivity contribution is 0.158. The van der Waals surface area contributed by atoms with Gasteiger partial charge in [-0.05, 0) is 32.1 Å². The van der Waals surface area contributed by atoms with Gasteiger partial charge in [0.05, 0.1) is 0 Å². The third kappa shape index (κ3) is 4.00. The molecule has 0 radical (unpaired) electrons. The van der Waals surface area contributed by atoms with Gasteiger partial charge in [-0.2, -0.15) is 0 Å². The van der Waals surface area contributed by atoms with Crippen LogP contribution in [0.1, 0.15) is 39.5 Å². The number of piperidine rings is 1. The summed E-state index contributed by atoms with van der Waals surface area (Å²) < 4.78 is 0. The summed E-state index contributed by atoms with van der Waals surface area (Å²) in [6.45, 7) is 6.63. The van der Waals surface area contributed by atoms with E-state index < -0.39 is 0 Å². The highest BCUT2D eigenvalue weighted by atomic mass is 16.2. The molecule has 1 saturated heterocycles. The molecule has 4 nitrogen and oxygen atoms in total. The minimum atomic E-state index is 0.0822. The van der Waals surface area contributed by atoms with Crippen molar-refractivity contribution in [1.82, 2.24) is 10.2 Å². The summed E-state index contributed by atoms with van der Waals surface area (Å²) in [4.78, 5) is 13.7. The zero-order valence-corrected chi connectivity index (χ0v) is 10.5. The van der Waals surface area contributed by atoms with Crippen molar-refractivity contribution in [3.8, 4) is 0 Å². The maximum Gasteiger partial charge on any atom is 0.317 e. The Morgan fingerprint density at radius 1 is 1.62 bits per heavy atom. The molecule has 0 spiro atoms. The van der Waals surface area contributed by atoms with Crippen LogP contribution in [0.25, 0.3) is 0 Å². The SMILES string of the molecule is CCCCNC(=O)N1CCCC(C(C)N)C1. The summed E-state index contributed by atoms with van der Waals surface area (Å²) in [5.74, 6) is 0.464. The Bertz CT molecular complexity index is 218. The van der Waals surface area contributed by atoms with Crippen molar-refractivity contribution in [2.45, 2.75) is 45.6 Å². The second kappa shape index (κ2) is 6.74. The Morgan fingerprint density at radius 3 is 3.00 bits per heavy atom. The van der Waals surface area contributed by atoms with Crippen molar-refractivity contribution in [2.24, 2.45) is 11.7 Å². The summed E-state index contributed by atoms with van der Waals surface area (Å²) in [6, 6.07) is 0.269. The number of carbonyl (C=O) groups is 1. The molecule has 3 N–H and O–H groups in total. The fraction of sp³-hybridized carbons (Fsp3) is 0.917. The van der Waals surface area contributed by atoms with E-state index in [9.17, 15) is 4.79 Å². The van der Waals surface area contributed by atoms with Crippen molar-refractivity contribution >= 4 is 6.03 Å². The molecule has 16 heavy (non-hydrogen) atoms. The van der Waals surface area contributed by atoms with E-state index in [0.29, 0.717) is 5.92 Å². The molecular weight excluding hydrogens is 202 g/mol. The Labute approximate surface area is 98.6 Å². The average molecular weight is 227 g/mol. The Balaban J connectivity index is 2.32. The fourth-order valence-corrected chi connectivity index (χ4v) is 2.11. The lowest BCUT2D eigenvalue weighted by Crippen LogP contribution is -2.48. The molecule has 0 aromatic carbocycles. The first-order valence-electron chi connectivity index (χ1n) is 6.43. The average Bonchev–Trinajstić information content (AvgIpc) is 2.29. The lowest BCUT2D eigenvalue weighted by Gasteiger charge is -2.34. The maximum absolute atomic E-state index is 11.8. The number of rotatable bonds is 4. The molecule has 1 aliphatic heterocycles. The van der Waals surface area contributed by atoms with Crippen LogP contribution in [-0.4, -0.2) is 36.6 Å². The van der Waals surface area contributed by atoms with E-state index in [2.05, 4.69) is 12.2 Å². The first-order chi connectivity index (χ1) is 7.65. The predicted molar refractivity (Wildman–Crippen MR) is 66.3 cm³/mol. The van der Waals surface area contributed by atoms with Crippen LogP contribution >= 0.6 is 0 Å². The Morgan fingerprint density at radius 2 is 2.38 bits per heavy atom. The van der Waals surface area contributed by atoms with Crippen molar-refractivity contribution < 1.29 is 4.79 Å². The molecule has 1 rings (SSSR count). The molecule has 4 heteroatoms.